The molecule has 17 heavy (non-hydrogen) atoms. The van der Waals surface area contributed by atoms with Gasteiger partial charge in [0.05, 0.1) is 11.9 Å². The lowest BCUT2D eigenvalue weighted by Gasteiger charge is -2.22. The number of anilines is 1. The highest BCUT2D eigenvalue weighted by Gasteiger charge is 2.16. The van der Waals surface area contributed by atoms with Gasteiger partial charge in [0.1, 0.15) is 5.69 Å². The van der Waals surface area contributed by atoms with Gasteiger partial charge in [-0.15, -0.1) is 0 Å². The monoisotopic (exact) mass is 236 g/mol. The minimum atomic E-state index is -0.0372. The number of nitrogens with two attached hydrogens (primary N) is 1. The number of nitrogens with one attached hydrogen (secondary N) is 1. The van der Waals surface area contributed by atoms with E-state index in [0.29, 0.717) is 23.8 Å². The zero-order chi connectivity index (χ0) is 12.8. The Labute approximate surface area is 102 Å². The van der Waals surface area contributed by atoms with Crippen molar-refractivity contribution in [1.29, 1.82) is 0 Å². The normalized spacial score (nSPS) is 10.4. The molecule has 0 bridgehead atoms. The highest BCUT2D eigenvalue weighted by atomic mass is 16.2. The molecule has 3 N–H and O–H groups in total. The van der Waals surface area contributed by atoms with Crippen molar-refractivity contribution >= 4 is 11.6 Å². The highest BCUT2D eigenvalue weighted by Crippen LogP contribution is 2.08. The van der Waals surface area contributed by atoms with Crippen molar-refractivity contribution in [3.05, 3.63) is 24.0 Å². The third-order valence-corrected chi connectivity index (χ3v) is 2.40. The zero-order valence-corrected chi connectivity index (χ0v) is 10.6. The predicted octanol–water partition coefficient (Wildman–Crippen LogP) is 1.49. The van der Waals surface area contributed by atoms with Crippen molar-refractivity contribution in [3.63, 3.8) is 0 Å². The van der Waals surface area contributed by atoms with Crippen LogP contribution in [0.2, 0.25) is 0 Å². The Morgan fingerprint density at radius 1 is 1.53 bits per heavy atom. The predicted molar refractivity (Wildman–Crippen MR) is 68.5 cm³/mol. The Hall–Kier alpha value is -1.62. The maximum absolute atomic E-state index is 12.1. The number of nitrogen functional groups attached to an aromatic ring is 1. The average Bonchev–Trinajstić information content (AvgIpc) is 2.35. The molecule has 0 spiro atoms. The number of carbonyl (C=O) groups excluding carboxylic acids is 1. The smallest absolute Gasteiger partial charge is 0.272 e. The maximum Gasteiger partial charge on any atom is 0.272 e. The fourth-order valence-corrected chi connectivity index (χ4v) is 1.56. The quantitative estimate of drug-likeness (QED) is 0.600. The van der Waals surface area contributed by atoms with Gasteiger partial charge in [0.25, 0.3) is 5.91 Å². The summed E-state index contributed by atoms with van der Waals surface area (Å²) < 4.78 is 0. The number of aromatic nitrogens is 1. The molecule has 1 rings (SSSR count). The zero-order valence-electron chi connectivity index (χ0n) is 10.6. The van der Waals surface area contributed by atoms with Crippen LogP contribution >= 0.6 is 0 Å². The molecule has 0 aliphatic rings. The number of hydrogen-bond donors (Lipinski definition) is 2. The number of amides is 1. The van der Waals surface area contributed by atoms with E-state index in [1.807, 2.05) is 6.92 Å². The fourth-order valence-electron chi connectivity index (χ4n) is 1.56. The Kier molecular flexibility index (Phi) is 4.90. The molecule has 0 aliphatic carbocycles. The van der Waals surface area contributed by atoms with Gasteiger partial charge in [-0.25, -0.2) is 4.98 Å². The van der Waals surface area contributed by atoms with E-state index in [2.05, 4.69) is 24.3 Å². The first kappa shape index (κ1) is 13.4. The molecule has 0 aliphatic heterocycles. The number of pyridine rings is 1. The summed E-state index contributed by atoms with van der Waals surface area (Å²) in [7, 11) is 0. The van der Waals surface area contributed by atoms with Crippen LogP contribution in [0, 0.1) is 5.92 Å². The summed E-state index contributed by atoms with van der Waals surface area (Å²) >= 11 is 0. The maximum atomic E-state index is 12.1. The molecule has 1 aromatic heterocycles. The van der Waals surface area contributed by atoms with Crippen LogP contribution in [0.5, 0.6) is 0 Å². The Balaban J connectivity index is 2.78. The van der Waals surface area contributed by atoms with Gasteiger partial charge >= 0.3 is 0 Å². The van der Waals surface area contributed by atoms with E-state index in [-0.39, 0.29) is 5.91 Å². The second-order valence-corrected chi connectivity index (χ2v) is 4.31. The number of nitrogens with zero attached hydrogens (tertiary/aromatic N) is 2. The van der Waals surface area contributed by atoms with Crippen molar-refractivity contribution in [1.82, 2.24) is 9.88 Å². The molecule has 1 aromatic rings. The van der Waals surface area contributed by atoms with E-state index in [9.17, 15) is 4.79 Å². The van der Waals surface area contributed by atoms with Gasteiger partial charge in [-0.2, -0.15) is 0 Å². The number of hydrazine groups is 1. The fraction of sp³-hybridized carbons (Fsp3) is 0.500. The van der Waals surface area contributed by atoms with Gasteiger partial charge in [0.15, 0.2) is 0 Å². The van der Waals surface area contributed by atoms with E-state index in [4.69, 9.17) is 5.84 Å². The second-order valence-electron chi connectivity index (χ2n) is 4.31. The summed E-state index contributed by atoms with van der Waals surface area (Å²) in [6.07, 6.45) is 1.55. The molecular formula is C12H20N4O. The van der Waals surface area contributed by atoms with Gasteiger partial charge in [-0.1, -0.05) is 13.8 Å². The molecule has 1 heterocycles. The first-order valence-electron chi connectivity index (χ1n) is 5.80. The first-order valence-corrected chi connectivity index (χ1v) is 5.80. The summed E-state index contributed by atoms with van der Waals surface area (Å²) in [6, 6.07) is 3.42. The van der Waals surface area contributed by atoms with E-state index in [0.717, 1.165) is 6.54 Å². The lowest BCUT2D eigenvalue weighted by molar-refractivity contribution is 0.0740. The molecule has 1 amide bonds. The SMILES string of the molecule is CCN(CC(C)C)C(=O)c1ccc(NN)cn1. The van der Waals surface area contributed by atoms with Gasteiger partial charge in [-0.05, 0) is 25.0 Å². The van der Waals surface area contributed by atoms with Gasteiger partial charge in [0.2, 0.25) is 0 Å². The van der Waals surface area contributed by atoms with Crippen LogP contribution < -0.4 is 11.3 Å². The van der Waals surface area contributed by atoms with Gasteiger partial charge in [0, 0.05) is 13.1 Å². The summed E-state index contributed by atoms with van der Waals surface area (Å²) in [5, 5.41) is 0. The molecular weight excluding hydrogens is 216 g/mol. The highest BCUT2D eigenvalue weighted by molar-refractivity contribution is 5.92. The minimum Gasteiger partial charge on any atom is -0.337 e. The van der Waals surface area contributed by atoms with Crippen LogP contribution in [-0.4, -0.2) is 28.9 Å². The molecule has 0 fully saturated rings. The standard InChI is InChI=1S/C12H20N4O/c1-4-16(8-9(2)3)12(17)11-6-5-10(15-13)7-14-11/h5-7,9,15H,4,8,13H2,1-3H3. The molecule has 0 saturated carbocycles. The number of rotatable bonds is 5. The second kappa shape index (κ2) is 6.20. The van der Waals surface area contributed by atoms with E-state index in [1.54, 1.807) is 23.2 Å². The van der Waals surface area contributed by atoms with E-state index >= 15 is 0 Å². The van der Waals surface area contributed by atoms with Crippen LogP contribution in [-0.2, 0) is 0 Å². The number of hydrogen-bond acceptors (Lipinski definition) is 4. The Bertz CT molecular complexity index is 361. The van der Waals surface area contributed by atoms with Crippen molar-refractivity contribution in [2.75, 3.05) is 18.5 Å². The molecule has 0 atom stereocenters. The Morgan fingerprint density at radius 3 is 2.65 bits per heavy atom. The van der Waals surface area contributed by atoms with Crippen LogP contribution in [0.25, 0.3) is 0 Å². The van der Waals surface area contributed by atoms with Crippen molar-refractivity contribution < 1.29 is 4.79 Å². The molecule has 0 aromatic carbocycles. The molecule has 5 nitrogen and oxygen atoms in total. The van der Waals surface area contributed by atoms with Gasteiger partial charge < -0.3 is 10.3 Å². The first-order chi connectivity index (χ1) is 8.08. The third-order valence-electron chi connectivity index (χ3n) is 2.40. The largest absolute Gasteiger partial charge is 0.337 e. The van der Waals surface area contributed by atoms with E-state index < -0.39 is 0 Å². The summed E-state index contributed by atoms with van der Waals surface area (Å²) in [5.41, 5.74) is 3.62. The molecule has 0 radical (unpaired) electrons. The summed E-state index contributed by atoms with van der Waals surface area (Å²) in [4.78, 5) is 18.0. The van der Waals surface area contributed by atoms with Crippen molar-refractivity contribution in [3.8, 4) is 0 Å². The Morgan fingerprint density at radius 2 is 2.24 bits per heavy atom. The topological polar surface area (TPSA) is 71.2 Å². The molecule has 94 valence electrons. The van der Waals surface area contributed by atoms with Crippen LogP contribution in [0.3, 0.4) is 0 Å². The van der Waals surface area contributed by atoms with Crippen molar-refractivity contribution in [2.45, 2.75) is 20.8 Å². The molecule has 5 heteroatoms. The third kappa shape index (κ3) is 3.71. The number of carbonyl (C=O) groups is 1. The van der Waals surface area contributed by atoms with Crippen LogP contribution in [0.15, 0.2) is 18.3 Å². The minimum absolute atomic E-state index is 0.0372. The average molecular weight is 236 g/mol. The van der Waals surface area contributed by atoms with Crippen molar-refractivity contribution in [2.24, 2.45) is 11.8 Å². The molecule has 0 saturated heterocycles. The lowest BCUT2D eigenvalue weighted by atomic mass is 10.2. The summed E-state index contributed by atoms with van der Waals surface area (Å²) in [5.74, 6) is 5.65. The lowest BCUT2D eigenvalue weighted by Crippen LogP contribution is -2.34. The molecule has 0 unspecified atom stereocenters. The van der Waals surface area contributed by atoms with Crippen LogP contribution in [0.4, 0.5) is 5.69 Å². The van der Waals surface area contributed by atoms with Gasteiger partial charge in [-0.3, -0.25) is 10.6 Å². The van der Waals surface area contributed by atoms with E-state index in [1.165, 1.54) is 0 Å². The summed E-state index contributed by atoms with van der Waals surface area (Å²) in [6.45, 7) is 7.58. The van der Waals surface area contributed by atoms with Crippen LogP contribution in [0.1, 0.15) is 31.3 Å².